The first kappa shape index (κ1) is 20.5. The van der Waals surface area contributed by atoms with Crippen molar-refractivity contribution in [1.29, 1.82) is 0 Å². The molecule has 1 rings (SSSR count). The van der Waals surface area contributed by atoms with Crippen LogP contribution in [0.3, 0.4) is 0 Å². The summed E-state index contributed by atoms with van der Waals surface area (Å²) in [6.45, 7) is 11.8. The van der Waals surface area contributed by atoms with E-state index in [1.165, 1.54) is 5.56 Å². The van der Waals surface area contributed by atoms with E-state index in [1.807, 2.05) is 39.0 Å². The summed E-state index contributed by atoms with van der Waals surface area (Å²) < 4.78 is 5.77. The molecule has 0 heterocycles. The Bertz CT molecular complexity index is 475. The van der Waals surface area contributed by atoms with Crippen LogP contribution in [-0.4, -0.2) is 43.9 Å². The van der Waals surface area contributed by atoms with Crippen molar-refractivity contribution in [2.45, 2.75) is 34.3 Å². The first-order chi connectivity index (χ1) is 11.5. The van der Waals surface area contributed by atoms with E-state index in [4.69, 9.17) is 4.74 Å². The van der Waals surface area contributed by atoms with Crippen molar-refractivity contribution in [2.75, 3.05) is 32.8 Å². The molecule has 1 unspecified atom stereocenters. The molecule has 24 heavy (non-hydrogen) atoms. The highest BCUT2D eigenvalue weighted by molar-refractivity contribution is 5.79. The number of benzene rings is 1. The average Bonchev–Trinajstić information content (AvgIpc) is 2.58. The van der Waals surface area contributed by atoms with Crippen molar-refractivity contribution >= 4 is 5.96 Å². The Hall–Kier alpha value is -1.59. The molecule has 0 spiro atoms. The fourth-order valence-corrected chi connectivity index (χ4v) is 1.97. The van der Waals surface area contributed by atoms with Crippen LogP contribution in [0.4, 0.5) is 0 Å². The summed E-state index contributed by atoms with van der Waals surface area (Å²) >= 11 is 0. The molecule has 1 aromatic rings. The quantitative estimate of drug-likeness (QED) is 0.454. The highest BCUT2D eigenvalue weighted by Gasteiger charge is 2.16. The largest absolute Gasteiger partial charge is 0.396 e. The van der Waals surface area contributed by atoms with Gasteiger partial charge in [-0.05, 0) is 18.4 Å². The predicted molar refractivity (Wildman–Crippen MR) is 100 cm³/mol. The molecule has 0 aliphatic carbocycles. The summed E-state index contributed by atoms with van der Waals surface area (Å²) in [5, 5.41) is 15.9. The van der Waals surface area contributed by atoms with E-state index in [0.29, 0.717) is 25.7 Å². The van der Waals surface area contributed by atoms with Gasteiger partial charge in [0, 0.05) is 25.1 Å². The van der Waals surface area contributed by atoms with Crippen molar-refractivity contribution in [3.63, 3.8) is 0 Å². The number of aliphatic imine (C=N–C) groups is 1. The maximum atomic E-state index is 9.32. The van der Waals surface area contributed by atoms with Crippen LogP contribution in [-0.2, 0) is 11.3 Å². The summed E-state index contributed by atoms with van der Waals surface area (Å²) in [4.78, 5) is 4.55. The van der Waals surface area contributed by atoms with Crippen LogP contribution >= 0.6 is 0 Å². The number of hydrogen-bond donors (Lipinski definition) is 3. The van der Waals surface area contributed by atoms with Crippen molar-refractivity contribution in [3.8, 4) is 0 Å². The van der Waals surface area contributed by atoms with Crippen molar-refractivity contribution in [3.05, 3.63) is 35.9 Å². The second-order valence-corrected chi connectivity index (χ2v) is 7.00. The van der Waals surface area contributed by atoms with Crippen LogP contribution in [0.25, 0.3) is 0 Å². The summed E-state index contributed by atoms with van der Waals surface area (Å²) in [6.07, 6.45) is 0. The Balaban J connectivity index is 2.33. The average molecular weight is 335 g/mol. The van der Waals surface area contributed by atoms with E-state index >= 15 is 0 Å². The molecule has 0 radical (unpaired) electrons. The number of nitrogens with one attached hydrogen (secondary N) is 2. The molecule has 0 aromatic heterocycles. The number of hydrogen-bond acceptors (Lipinski definition) is 3. The predicted octanol–water partition coefficient (Wildman–Crippen LogP) is 2.41. The zero-order valence-electron chi connectivity index (χ0n) is 15.5. The molecule has 0 aliphatic rings. The Kier molecular flexibility index (Phi) is 9.42. The molecule has 0 fully saturated rings. The first-order valence-corrected chi connectivity index (χ1v) is 8.71. The van der Waals surface area contributed by atoms with Gasteiger partial charge in [-0.2, -0.15) is 0 Å². The third-order valence-corrected chi connectivity index (χ3v) is 3.57. The molecule has 3 N–H and O–H groups in total. The van der Waals surface area contributed by atoms with Crippen molar-refractivity contribution in [1.82, 2.24) is 10.6 Å². The van der Waals surface area contributed by atoms with E-state index in [0.717, 1.165) is 19.0 Å². The lowest BCUT2D eigenvalue weighted by atomic mass is 9.95. The van der Waals surface area contributed by atoms with Gasteiger partial charge in [0.05, 0.1) is 19.8 Å². The maximum absolute atomic E-state index is 9.32. The van der Waals surface area contributed by atoms with E-state index in [-0.39, 0.29) is 12.0 Å². The summed E-state index contributed by atoms with van der Waals surface area (Å²) in [7, 11) is 0. The van der Waals surface area contributed by atoms with Crippen LogP contribution in [0.15, 0.2) is 35.3 Å². The van der Waals surface area contributed by atoms with E-state index in [2.05, 4.69) is 34.7 Å². The second kappa shape index (κ2) is 11.0. The molecule has 136 valence electrons. The lowest BCUT2D eigenvalue weighted by Gasteiger charge is -2.21. The number of guanidine groups is 1. The molecular weight excluding hydrogens is 302 g/mol. The molecule has 0 bridgehead atoms. The molecule has 5 nitrogen and oxygen atoms in total. The normalized spacial score (nSPS) is 13.6. The monoisotopic (exact) mass is 335 g/mol. The molecule has 1 atom stereocenters. The van der Waals surface area contributed by atoms with Gasteiger partial charge in [-0.3, -0.25) is 4.99 Å². The molecule has 0 aliphatic heterocycles. The zero-order chi connectivity index (χ0) is 17.8. The van der Waals surface area contributed by atoms with Gasteiger partial charge in [0.25, 0.3) is 0 Å². The summed E-state index contributed by atoms with van der Waals surface area (Å²) in [5.41, 5.74) is 0.992. The first-order valence-electron chi connectivity index (χ1n) is 8.71. The van der Waals surface area contributed by atoms with Crippen molar-refractivity contribution < 1.29 is 9.84 Å². The van der Waals surface area contributed by atoms with E-state index < -0.39 is 0 Å². The van der Waals surface area contributed by atoms with Crippen molar-refractivity contribution in [2.24, 2.45) is 16.3 Å². The SMILES string of the molecule is CCNC(=NCC(C)(C)CO)NCC(C)COCc1ccccc1. The minimum absolute atomic E-state index is 0.125. The highest BCUT2D eigenvalue weighted by Crippen LogP contribution is 2.13. The van der Waals surface area contributed by atoms with Gasteiger partial charge in [0.15, 0.2) is 5.96 Å². The minimum atomic E-state index is -0.202. The zero-order valence-corrected chi connectivity index (χ0v) is 15.5. The van der Waals surface area contributed by atoms with Crippen LogP contribution in [0.1, 0.15) is 33.3 Å². The number of rotatable bonds is 10. The topological polar surface area (TPSA) is 65.9 Å². The minimum Gasteiger partial charge on any atom is -0.396 e. The lowest BCUT2D eigenvalue weighted by Crippen LogP contribution is -2.41. The van der Waals surface area contributed by atoms with Gasteiger partial charge in [0.1, 0.15) is 0 Å². The Morgan fingerprint density at radius 1 is 1.25 bits per heavy atom. The summed E-state index contributed by atoms with van der Waals surface area (Å²) in [6, 6.07) is 10.2. The molecular formula is C19H33N3O2. The van der Waals surface area contributed by atoms with Crippen LogP contribution < -0.4 is 10.6 Å². The fourth-order valence-electron chi connectivity index (χ4n) is 1.97. The maximum Gasteiger partial charge on any atom is 0.191 e. The van der Waals surface area contributed by atoms with E-state index in [1.54, 1.807) is 0 Å². The van der Waals surface area contributed by atoms with Gasteiger partial charge in [0.2, 0.25) is 0 Å². The summed E-state index contributed by atoms with van der Waals surface area (Å²) in [5.74, 6) is 1.16. The highest BCUT2D eigenvalue weighted by atomic mass is 16.5. The van der Waals surface area contributed by atoms with Gasteiger partial charge in [-0.25, -0.2) is 0 Å². The lowest BCUT2D eigenvalue weighted by molar-refractivity contribution is 0.0931. The molecule has 0 amide bonds. The number of aliphatic hydroxyl groups excluding tert-OH is 1. The molecule has 1 aromatic carbocycles. The number of nitrogens with zero attached hydrogens (tertiary/aromatic N) is 1. The Labute approximate surface area is 146 Å². The third-order valence-electron chi connectivity index (χ3n) is 3.57. The number of aliphatic hydroxyl groups is 1. The van der Waals surface area contributed by atoms with Gasteiger partial charge in [-0.1, -0.05) is 51.1 Å². The third kappa shape index (κ3) is 8.89. The molecule has 0 saturated heterocycles. The van der Waals surface area contributed by atoms with Gasteiger partial charge >= 0.3 is 0 Å². The Morgan fingerprint density at radius 3 is 2.58 bits per heavy atom. The van der Waals surface area contributed by atoms with Crippen LogP contribution in [0.5, 0.6) is 0 Å². The van der Waals surface area contributed by atoms with Gasteiger partial charge < -0.3 is 20.5 Å². The molecule has 0 saturated carbocycles. The second-order valence-electron chi connectivity index (χ2n) is 7.00. The fraction of sp³-hybridized carbons (Fsp3) is 0.632. The van der Waals surface area contributed by atoms with Crippen LogP contribution in [0, 0.1) is 11.3 Å². The smallest absolute Gasteiger partial charge is 0.191 e. The van der Waals surface area contributed by atoms with Gasteiger partial charge in [-0.15, -0.1) is 0 Å². The Morgan fingerprint density at radius 2 is 1.96 bits per heavy atom. The molecule has 5 heteroatoms. The van der Waals surface area contributed by atoms with Crippen LogP contribution in [0.2, 0.25) is 0 Å². The standard InChI is InChI=1S/C19H33N3O2/c1-5-20-18(22-14-19(3,4)15-23)21-11-16(2)12-24-13-17-9-7-6-8-10-17/h6-10,16,23H,5,11-15H2,1-4H3,(H2,20,21,22). The number of ether oxygens (including phenoxy) is 1. The van der Waals surface area contributed by atoms with E-state index in [9.17, 15) is 5.11 Å².